The summed E-state index contributed by atoms with van der Waals surface area (Å²) in [7, 11) is 1.40. The highest BCUT2D eigenvalue weighted by Gasteiger charge is 1.96. The zero-order valence-electron chi connectivity index (χ0n) is 13.7. The lowest BCUT2D eigenvalue weighted by atomic mass is 10.1. The minimum absolute atomic E-state index is 0.187. The first-order chi connectivity index (χ1) is 11.2. The molecule has 0 N–H and O–H groups in total. The second kappa shape index (κ2) is 17.4. The maximum absolute atomic E-state index is 10.9. The largest absolute Gasteiger partial charge is 0.469 e. The Kier molecular flexibility index (Phi) is 16.7. The van der Waals surface area contributed by atoms with Crippen LogP contribution in [-0.4, -0.2) is 13.1 Å². The quantitative estimate of drug-likeness (QED) is 0.240. The molecule has 0 bridgehead atoms. The van der Waals surface area contributed by atoms with E-state index in [1.165, 1.54) is 32.8 Å². The molecular formula is C19H24Br2O2. The Bertz CT molecular complexity index is 495. The minimum Gasteiger partial charge on any atom is -0.469 e. The molecule has 2 nitrogen and oxygen atoms in total. The van der Waals surface area contributed by atoms with Crippen LogP contribution in [0.25, 0.3) is 0 Å². The summed E-state index contributed by atoms with van der Waals surface area (Å²) >= 11 is 6.70. The predicted molar refractivity (Wildman–Crippen MR) is 104 cm³/mol. The van der Waals surface area contributed by atoms with E-state index < -0.39 is 0 Å². The number of ether oxygens (including phenoxy) is 1. The molecule has 0 aromatic rings. The van der Waals surface area contributed by atoms with E-state index in [-0.39, 0.29) is 5.97 Å². The zero-order valence-corrected chi connectivity index (χ0v) is 16.8. The molecule has 0 aromatic carbocycles. The molecule has 0 unspecified atom stereocenters. The van der Waals surface area contributed by atoms with Gasteiger partial charge in [-0.3, -0.25) is 4.79 Å². The third kappa shape index (κ3) is 19.0. The number of hydrogen-bond acceptors (Lipinski definition) is 2. The van der Waals surface area contributed by atoms with Crippen molar-refractivity contribution < 1.29 is 9.53 Å². The third-order valence-electron chi connectivity index (χ3n) is 2.96. The van der Waals surface area contributed by atoms with Crippen molar-refractivity contribution in [2.24, 2.45) is 0 Å². The fraction of sp³-hybridized carbons (Fsp3) is 0.526. The fourth-order valence-corrected chi connectivity index (χ4v) is 2.18. The van der Waals surface area contributed by atoms with Crippen LogP contribution in [0.15, 0.2) is 21.6 Å². The van der Waals surface area contributed by atoms with Gasteiger partial charge in [-0.1, -0.05) is 36.8 Å². The van der Waals surface area contributed by atoms with Gasteiger partial charge in [0, 0.05) is 12.8 Å². The maximum Gasteiger partial charge on any atom is 0.305 e. The number of rotatable bonds is 10. The first kappa shape index (κ1) is 22.0. The number of hydrogen-bond donors (Lipinski definition) is 0. The summed E-state index contributed by atoms with van der Waals surface area (Å²) in [5.74, 6) is 11.2. The summed E-state index contributed by atoms with van der Waals surface area (Å²) in [4.78, 5) is 10.9. The molecule has 23 heavy (non-hydrogen) atoms. The monoisotopic (exact) mass is 442 g/mol. The van der Waals surface area contributed by atoms with Gasteiger partial charge in [-0.15, -0.1) is 0 Å². The van der Waals surface area contributed by atoms with Gasteiger partial charge in [0.15, 0.2) is 0 Å². The van der Waals surface area contributed by atoms with Crippen LogP contribution in [-0.2, 0) is 9.53 Å². The average molecular weight is 444 g/mol. The molecule has 0 spiro atoms. The highest BCUT2D eigenvalue weighted by atomic mass is 79.9. The second-order valence-corrected chi connectivity index (χ2v) is 7.66. The van der Waals surface area contributed by atoms with Crippen LogP contribution >= 0.6 is 31.9 Å². The van der Waals surface area contributed by atoms with E-state index in [0.29, 0.717) is 12.8 Å². The number of carbonyl (C=O) groups excluding carboxylic acids is 1. The predicted octanol–water partition coefficient (Wildman–Crippen LogP) is 5.86. The van der Waals surface area contributed by atoms with Gasteiger partial charge in [-0.25, -0.2) is 0 Å². The molecule has 0 saturated carbocycles. The van der Waals surface area contributed by atoms with E-state index >= 15 is 0 Å². The van der Waals surface area contributed by atoms with Crippen molar-refractivity contribution >= 4 is 37.8 Å². The summed E-state index contributed by atoms with van der Waals surface area (Å²) < 4.78 is 5.59. The number of esters is 1. The second-order valence-electron chi connectivity index (χ2n) is 4.89. The summed E-state index contributed by atoms with van der Waals surface area (Å²) in [5, 5.41) is 0. The molecule has 0 aliphatic carbocycles. The van der Waals surface area contributed by atoms with Gasteiger partial charge in [0.05, 0.1) is 10.5 Å². The lowest BCUT2D eigenvalue weighted by Gasteiger charge is -1.96. The maximum atomic E-state index is 10.9. The van der Waals surface area contributed by atoms with Crippen LogP contribution in [0.2, 0.25) is 0 Å². The summed E-state index contributed by atoms with van der Waals surface area (Å²) in [6.07, 6.45) is 15.1. The van der Waals surface area contributed by atoms with E-state index in [1.54, 1.807) is 0 Å². The van der Waals surface area contributed by atoms with Gasteiger partial charge in [0.1, 0.15) is 0 Å². The number of unbranched alkanes of at least 4 members (excludes halogenated alkanes) is 6. The van der Waals surface area contributed by atoms with Crippen molar-refractivity contribution in [3.63, 3.8) is 0 Å². The van der Waals surface area contributed by atoms with Crippen molar-refractivity contribution in [2.75, 3.05) is 7.11 Å². The molecule has 0 rings (SSSR count). The lowest BCUT2D eigenvalue weighted by molar-refractivity contribution is -0.140. The van der Waals surface area contributed by atoms with E-state index in [0.717, 1.165) is 22.7 Å². The van der Waals surface area contributed by atoms with Crippen LogP contribution in [0.5, 0.6) is 0 Å². The van der Waals surface area contributed by atoms with E-state index in [1.807, 2.05) is 6.08 Å². The molecule has 0 saturated heterocycles. The Morgan fingerprint density at radius 3 is 2.48 bits per heavy atom. The Morgan fingerprint density at radius 1 is 1.04 bits per heavy atom. The molecule has 0 aliphatic rings. The summed E-state index contributed by atoms with van der Waals surface area (Å²) in [6.45, 7) is 0. The molecule has 4 heteroatoms. The highest BCUT2D eigenvalue weighted by molar-refractivity contribution is 9.28. The van der Waals surface area contributed by atoms with Gasteiger partial charge in [0.25, 0.3) is 0 Å². The lowest BCUT2D eigenvalue weighted by Crippen LogP contribution is -1.98. The highest BCUT2D eigenvalue weighted by Crippen LogP contribution is 2.15. The first-order valence-electron chi connectivity index (χ1n) is 7.88. The molecule has 0 aromatic heterocycles. The Labute approximate surface area is 157 Å². The van der Waals surface area contributed by atoms with Crippen LogP contribution in [0.4, 0.5) is 0 Å². The molecule has 0 fully saturated rings. The average Bonchev–Trinajstić information content (AvgIpc) is 2.53. The van der Waals surface area contributed by atoms with Gasteiger partial charge in [-0.05, 0) is 81.9 Å². The third-order valence-corrected chi connectivity index (χ3v) is 3.61. The van der Waals surface area contributed by atoms with Crippen LogP contribution in [0.1, 0.15) is 57.8 Å². The van der Waals surface area contributed by atoms with Crippen LogP contribution in [0, 0.1) is 23.7 Å². The van der Waals surface area contributed by atoms with Crippen molar-refractivity contribution in [3.8, 4) is 23.7 Å². The summed E-state index contributed by atoms with van der Waals surface area (Å²) in [5.41, 5.74) is 0. The normalized spacial score (nSPS) is 9.52. The van der Waals surface area contributed by atoms with Crippen molar-refractivity contribution in [1.82, 2.24) is 0 Å². The number of carbonyl (C=O) groups is 1. The SMILES string of the molecule is COC(=O)CCCC#CC#C/C=C/CCCCCCC=C(Br)Br. The first-order valence-corrected chi connectivity index (χ1v) is 9.46. The van der Waals surface area contributed by atoms with Crippen LogP contribution < -0.4 is 0 Å². The number of methoxy groups -OCH3 is 1. The van der Waals surface area contributed by atoms with Crippen molar-refractivity contribution in [3.05, 3.63) is 21.6 Å². The van der Waals surface area contributed by atoms with Gasteiger partial charge >= 0.3 is 5.97 Å². The van der Waals surface area contributed by atoms with Gasteiger partial charge in [0.2, 0.25) is 0 Å². The Balaban J connectivity index is 3.51. The van der Waals surface area contributed by atoms with E-state index in [9.17, 15) is 4.79 Å². The van der Waals surface area contributed by atoms with Crippen molar-refractivity contribution in [2.45, 2.75) is 57.8 Å². The fourth-order valence-electron chi connectivity index (χ4n) is 1.72. The molecule has 0 aliphatic heterocycles. The Morgan fingerprint density at radius 2 is 1.78 bits per heavy atom. The molecule has 0 radical (unpaired) electrons. The zero-order chi connectivity index (χ0) is 17.2. The van der Waals surface area contributed by atoms with E-state index in [4.69, 9.17) is 0 Å². The standard InChI is InChI=1S/C19H24Br2O2/c1-23-19(22)17-15-13-11-9-7-5-3-2-4-6-8-10-12-14-16-18(20)21/h2-3,16H,4,6,8,10,12-15,17H2,1H3/b3-2+. The number of halogens is 2. The molecule has 0 atom stereocenters. The molecule has 0 heterocycles. The van der Waals surface area contributed by atoms with Crippen LogP contribution in [0.3, 0.4) is 0 Å². The van der Waals surface area contributed by atoms with Gasteiger partial charge < -0.3 is 4.74 Å². The van der Waals surface area contributed by atoms with Gasteiger partial charge in [-0.2, -0.15) is 0 Å². The molecule has 126 valence electrons. The Hall–Kier alpha value is -0.970. The van der Waals surface area contributed by atoms with Crippen molar-refractivity contribution in [1.29, 1.82) is 0 Å². The minimum atomic E-state index is -0.187. The topological polar surface area (TPSA) is 26.3 Å². The number of allylic oxidation sites excluding steroid dienone is 3. The van der Waals surface area contributed by atoms with E-state index in [2.05, 4.69) is 72.4 Å². The molecular weight excluding hydrogens is 420 g/mol. The molecule has 0 amide bonds. The smallest absolute Gasteiger partial charge is 0.305 e. The summed E-state index contributed by atoms with van der Waals surface area (Å²) in [6, 6.07) is 0.